The number of aromatic amines is 1. The number of H-pyrrole nitrogens is 1. The van der Waals surface area contributed by atoms with Crippen LogP contribution in [0.25, 0.3) is 33.1 Å². The van der Waals surface area contributed by atoms with Crippen molar-refractivity contribution in [2.45, 2.75) is 25.9 Å². The van der Waals surface area contributed by atoms with E-state index in [4.69, 9.17) is 16.6 Å². The Bertz CT molecular complexity index is 1390. The second-order valence-electron chi connectivity index (χ2n) is 8.61. The van der Waals surface area contributed by atoms with Crippen LogP contribution in [0, 0.1) is 5.92 Å². The topological polar surface area (TPSA) is 83.8 Å². The zero-order valence-electron chi connectivity index (χ0n) is 17.9. The van der Waals surface area contributed by atoms with Gasteiger partial charge < -0.3 is 15.2 Å². The van der Waals surface area contributed by atoms with E-state index in [0.29, 0.717) is 28.0 Å². The quantitative estimate of drug-likeness (QED) is 0.477. The Balaban J connectivity index is 0.00000216. The van der Waals surface area contributed by atoms with Crippen LogP contribution in [-0.4, -0.2) is 50.0 Å². The number of piperidine rings is 1. The summed E-state index contributed by atoms with van der Waals surface area (Å²) in [5.74, 6) is 1.34. The molecule has 2 unspecified atom stereocenters. The number of hydrogen-bond donors (Lipinski definition) is 2. The van der Waals surface area contributed by atoms with Crippen LogP contribution in [0.2, 0.25) is 5.02 Å². The van der Waals surface area contributed by atoms with Gasteiger partial charge in [0.2, 0.25) is 5.95 Å². The Labute approximate surface area is 196 Å². The van der Waals surface area contributed by atoms with Crippen molar-refractivity contribution in [3.63, 3.8) is 0 Å². The maximum absolute atomic E-state index is 13.5. The lowest BCUT2D eigenvalue weighted by molar-refractivity contribution is 0.433. The Morgan fingerprint density at radius 1 is 1.25 bits per heavy atom. The molecule has 0 aliphatic carbocycles. The minimum atomic E-state index is -0.0638. The molecule has 0 saturated carbocycles. The van der Waals surface area contributed by atoms with Gasteiger partial charge in [0.1, 0.15) is 5.65 Å². The average molecular weight is 474 g/mol. The highest BCUT2D eigenvalue weighted by Gasteiger charge is 2.37. The van der Waals surface area contributed by atoms with E-state index in [-0.39, 0.29) is 18.0 Å². The van der Waals surface area contributed by atoms with Gasteiger partial charge in [-0.25, -0.2) is 0 Å². The average Bonchev–Trinajstić information content (AvgIpc) is 3.46. The van der Waals surface area contributed by atoms with Gasteiger partial charge in [-0.15, -0.1) is 12.4 Å². The van der Waals surface area contributed by atoms with Crippen molar-refractivity contribution in [2.75, 3.05) is 24.5 Å². The Hall–Kier alpha value is -2.55. The molecule has 2 atom stereocenters. The Morgan fingerprint density at radius 3 is 2.88 bits per heavy atom. The number of hydrogen-bond acceptors (Lipinski definition) is 5. The number of rotatable bonds is 3. The van der Waals surface area contributed by atoms with Crippen LogP contribution in [0.4, 0.5) is 5.95 Å². The summed E-state index contributed by atoms with van der Waals surface area (Å²) in [6, 6.07) is 4.27. The second-order valence-corrected chi connectivity index (χ2v) is 8.99. The molecule has 168 valence electrons. The molecular formula is C22H25Cl2N7O. The van der Waals surface area contributed by atoms with Gasteiger partial charge in [-0.1, -0.05) is 17.7 Å². The fourth-order valence-corrected chi connectivity index (χ4v) is 5.46. The van der Waals surface area contributed by atoms with E-state index in [0.717, 1.165) is 60.6 Å². The van der Waals surface area contributed by atoms with E-state index in [1.165, 1.54) is 0 Å². The van der Waals surface area contributed by atoms with Gasteiger partial charge in [0.05, 0.1) is 15.9 Å². The first-order chi connectivity index (χ1) is 15.0. The minimum absolute atomic E-state index is 0. The van der Waals surface area contributed by atoms with Crippen LogP contribution >= 0.6 is 24.0 Å². The van der Waals surface area contributed by atoms with Gasteiger partial charge in [-0.05, 0) is 31.9 Å². The van der Waals surface area contributed by atoms with Crippen molar-refractivity contribution < 1.29 is 0 Å². The highest BCUT2D eigenvalue weighted by Crippen LogP contribution is 2.37. The largest absolute Gasteiger partial charge is 0.345 e. The van der Waals surface area contributed by atoms with E-state index >= 15 is 0 Å². The smallest absolute Gasteiger partial charge is 0.264 e. The summed E-state index contributed by atoms with van der Waals surface area (Å²) in [5.41, 5.74) is 2.96. The van der Waals surface area contributed by atoms with E-state index in [2.05, 4.69) is 20.3 Å². The van der Waals surface area contributed by atoms with E-state index in [1.54, 1.807) is 4.57 Å². The lowest BCUT2D eigenvalue weighted by atomic mass is 10.0. The third-order valence-electron chi connectivity index (χ3n) is 6.75. The summed E-state index contributed by atoms with van der Waals surface area (Å²) in [6.45, 7) is 5.71. The Kier molecular flexibility index (Phi) is 5.19. The fourth-order valence-electron chi connectivity index (χ4n) is 5.15. The third-order valence-corrected chi connectivity index (χ3v) is 7.15. The molecule has 0 spiro atoms. The highest BCUT2D eigenvalue weighted by atomic mass is 35.5. The number of fused-ring (bicyclic) bond motifs is 4. The van der Waals surface area contributed by atoms with Gasteiger partial charge >= 0.3 is 0 Å². The van der Waals surface area contributed by atoms with Crippen LogP contribution in [0.5, 0.6) is 0 Å². The number of anilines is 1. The molecule has 6 rings (SSSR count). The maximum atomic E-state index is 13.5. The summed E-state index contributed by atoms with van der Waals surface area (Å²) in [6.07, 6.45) is 4.94. The summed E-state index contributed by atoms with van der Waals surface area (Å²) in [5, 5.41) is 10.1. The molecule has 2 aliphatic heterocycles. The number of nitrogens with zero attached hydrogens (tertiary/aromatic N) is 5. The molecule has 2 aliphatic rings. The normalized spacial score (nSPS) is 20.3. The number of aryl methyl sites for hydroxylation is 1. The molecule has 3 aromatic heterocycles. The van der Waals surface area contributed by atoms with E-state index < -0.39 is 0 Å². The zero-order chi connectivity index (χ0) is 21.3. The van der Waals surface area contributed by atoms with Gasteiger partial charge in [0.25, 0.3) is 5.56 Å². The van der Waals surface area contributed by atoms with Crippen molar-refractivity contribution in [3.05, 3.63) is 39.9 Å². The van der Waals surface area contributed by atoms with E-state index in [9.17, 15) is 4.79 Å². The van der Waals surface area contributed by atoms with Crippen molar-refractivity contribution in [2.24, 2.45) is 13.0 Å². The van der Waals surface area contributed by atoms with Gasteiger partial charge in [0.15, 0.2) is 0 Å². The first-order valence-corrected chi connectivity index (χ1v) is 11.1. The number of nitrogens with one attached hydrogen (secondary N) is 2. The highest BCUT2D eigenvalue weighted by molar-refractivity contribution is 6.38. The van der Waals surface area contributed by atoms with Crippen molar-refractivity contribution >= 4 is 51.9 Å². The van der Waals surface area contributed by atoms with Gasteiger partial charge in [-0.3, -0.25) is 14.0 Å². The van der Waals surface area contributed by atoms with Crippen molar-refractivity contribution in [1.82, 2.24) is 29.6 Å². The SMILES string of the molecule is CCn1cc2c(Cl)c(-c3c[nH]c4nc(N5CC6CNCC5C6)n(C)c(=O)c34)ccc2n1.Cl. The molecular weight excluding hydrogens is 449 g/mol. The molecule has 0 radical (unpaired) electrons. The maximum Gasteiger partial charge on any atom is 0.264 e. The molecule has 2 saturated heterocycles. The molecule has 0 amide bonds. The molecule has 10 heteroatoms. The van der Waals surface area contributed by atoms with Crippen LogP contribution in [0.3, 0.4) is 0 Å². The number of halogens is 2. The Morgan fingerprint density at radius 2 is 2.09 bits per heavy atom. The van der Waals surface area contributed by atoms with E-state index in [1.807, 2.05) is 43.2 Å². The lowest BCUT2D eigenvalue weighted by Crippen LogP contribution is -2.41. The number of benzene rings is 1. The molecule has 8 nitrogen and oxygen atoms in total. The number of aromatic nitrogens is 5. The summed E-state index contributed by atoms with van der Waals surface area (Å²) >= 11 is 6.78. The second kappa shape index (κ2) is 7.79. The summed E-state index contributed by atoms with van der Waals surface area (Å²) < 4.78 is 3.55. The summed E-state index contributed by atoms with van der Waals surface area (Å²) in [7, 11) is 1.81. The van der Waals surface area contributed by atoms with Crippen LogP contribution in [0.15, 0.2) is 29.3 Å². The first-order valence-electron chi connectivity index (χ1n) is 10.8. The molecule has 2 fully saturated rings. The zero-order valence-corrected chi connectivity index (χ0v) is 19.5. The van der Waals surface area contributed by atoms with Crippen LogP contribution < -0.4 is 15.8 Å². The van der Waals surface area contributed by atoms with Crippen molar-refractivity contribution in [1.29, 1.82) is 0 Å². The lowest BCUT2D eigenvalue weighted by Gasteiger charge is -2.27. The summed E-state index contributed by atoms with van der Waals surface area (Å²) in [4.78, 5) is 23.9. The van der Waals surface area contributed by atoms with Gasteiger partial charge in [-0.2, -0.15) is 10.1 Å². The minimum Gasteiger partial charge on any atom is -0.345 e. The van der Waals surface area contributed by atoms with Crippen LogP contribution in [-0.2, 0) is 13.6 Å². The van der Waals surface area contributed by atoms with Gasteiger partial charge in [0, 0.05) is 61.6 Å². The third kappa shape index (κ3) is 3.04. The molecule has 2 bridgehead atoms. The molecule has 32 heavy (non-hydrogen) atoms. The fraction of sp³-hybridized carbons (Fsp3) is 0.409. The molecule has 4 aromatic rings. The molecule has 2 N–H and O–H groups in total. The predicted octanol–water partition coefficient (Wildman–Crippen LogP) is 3.17. The predicted molar refractivity (Wildman–Crippen MR) is 130 cm³/mol. The molecule has 5 heterocycles. The van der Waals surface area contributed by atoms with Crippen LogP contribution in [0.1, 0.15) is 13.3 Å². The first kappa shape index (κ1) is 21.3. The monoisotopic (exact) mass is 473 g/mol. The standard InChI is InChI=1S/C22H24ClN7O.ClH/c1-3-29-11-16-17(27-29)5-4-14(19(16)23)15-9-25-20-18(15)21(31)28(2)22(26-20)30-10-12-6-13(30)8-24-7-12;/h4-5,9,11-13,24-25H,3,6-8,10H2,1-2H3;1H. The molecule has 1 aromatic carbocycles. The van der Waals surface area contributed by atoms with Crippen molar-refractivity contribution in [3.8, 4) is 11.1 Å².